The lowest BCUT2D eigenvalue weighted by Gasteiger charge is -2.13. The SMILES string of the molecule is COCCCn1c(C)c(C)c(C#N)c1NC(=O)COC(=O)COc1ccc(Cl)cc1C. The van der Waals surface area contributed by atoms with E-state index in [0.717, 1.165) is 23.2 Å². The topological polar surface area (TPSA) is 103 Å². The van der Waals surface area contributed by atoms with Gasteiger partial charge in [0.15, 0.2) is 13.2 Å². The maximum absolute atomic E-state index is 12.4. The number of aromatic nitrogens is 1. The van der Waals surface area contributed by atoms with Gasteiger partial charge < -0.3 is 24.1 Å². The number of ether oxygens (including phenoxy) is 3. The minimum Gasteiger partial charge on any atom is -0.482 e. The summed E-state index contributed by atoms with van der Waals surface area (Å²) in [7, 11) is 1.61. The molecule has 0 unspecified atom stereocenters. The second-order valence-electron chi connectivity index (χ2n) is 6.95. The maximum Gasteiger partial charge on any atom is 0.344 e. The lowest BCUT2D eigenvalue weighted by atomic mass is 10.2. The van der Waals surface area contributed by atoms with Crippen LogP contribution in [0.5, 0.6) is 5.75 Å². The maximum atomic E-state index is 12.4. The monoisotopic (exact) mass is 447 g/mol. The number of aryl methyl sites for hydroxylation is 1. The molecule has 0 fully saturated rings. The highest BCUT2D eigenvalue weighted by Crippen LogP contribution is 2.26. The van der Waals surface area contributed by atoms with Gasteiger partial charge in [-0.1, -0.05) is 11.6 Å². The van der Waals surface area contributed by atoms with Crippen LogP contribution in [0, 0.1) is 32.1 Å². The number of methoxy groups -OCH3 is 1. The fourth-order valence-corrected chi connectivity index (χ4v) is 3.27. The van der Waals surface area contributed by atoms with Crippen LogP contribution >= 0.6 is 11.6 Å². The Kier molecular flexibility index (Phi) is 8.91. The molecule has 8 nitrogen and oxygen atoms in total. The summed E-state index contributed by atoms with van der Waals surface area (Å²) >= 11 is 5.89. The first-order valence-corrected chi connectivity index (χ1v) is 10.1. The number of hydrogen-bond donors (Lipinski definition) is 1. The van der Waals surface area contributed by atoms with Crippen LogP contribution in [-0.2, 0) is 25.6 Å². The number of nitriles is 1. The van der Waals surface area contributed by atoms with E-state index in [0.29, 0.717) is 35.3 Å². The van der Waals surface area contributed by atoms with Gasteiger partial charge >= 0.3 is 5.97 Å². The van der Waals surface area contributed by atoms with Crippen molar-refractivity contribution in [2.75, 3.05) is 32.2 Å². The number of carbonyl (C=O) groups excluding carboxylic acids is 2. The Hall–Kier alpha value is -3.02. The number of benzene rings is 1. The number of hydrogen-bond acceptors (Lipinski definition) is 6. The van der Waals surface area contributed by atoms with Crippen molar-refractivity contribution in [1.29, 1.82) is 5.26 Å². The molecule has 0 saturated heterocycles. The first-order chi connectivity index (χ1) is 14.8. The van der Waals surface area contributed by atoms with E-state index < -0.39 is 18.5 Å². The highest BCUT2D eigenvalue weighted by molar-refractivity contribution is 6.30. The Morgan fingerprint density at radius 1 is 1.23 bits per heavy atom. The molecule has 166 valence electrons. The molecule has 31 heavy (non-hydrogen) atoms. The Morgan fingerprint density at radius 2 is 1.97 bits per heavy atom. The number of anilines is 1. The smallest absolute Gasteiger partial charge is 0.344 e. The molecule has 1 N–H and O–H groups in total. The summed E-state index contributed by atoms with van der Waals surface area (Å²) in [4.78, 5) is 24.3. The third-order valence-corrected chi connectivity index (χ3v) is 5.01. The molecule has 9 heteroatoms. The third-order valence-electron chi connectivity index (χ3n) is 4.78. The number of rotatable bonds is 10. The van der Waals surface area contributed by atoms with Crippen LogP contribution in [0.4, 0.5) is 5.82 Å². The normalized spacial score (nSPS) is 10.5. The molecule has 2 aromatic rings. The Bertz CT molecular complexity index is 994. The lowest BCUT2D eigenvalue weighted by molar-refractivity contribution is -0.149. The van der Waals surface area contributed by atoms with Gasteiger partial charge in [-0.25, -0.2) is 4.79 Å². The van der Waals surface area contributed by atoms with E-state index in [-0.39, 0.29) is 6.61 Å². The predicted octanol–water partition coefficient (Wildman–Crippen LogP) is 3.54. The van der Waals surface area contributed by atoms with Crippen LogP contribution in [0.15, 0.2) is 18.2 Å². The summed E-state index contributed by atoms with van der Waals surface area (Å²) < 4.78 is 17.3. The molecule has 0 aliphatic heterocycles. The average Bonchev–Trinajstić information content (AvgIpc) is 2.95. The molecule has 0 radical (unpaired) electrons. The summed E-state index contributed by atoms with van der Waals surface area (Å²) in [6.45, 7) is 5.81. The average molecular weight is 448 g/mol. The van der Waals surface area contributed by atoms with E-state index in [1.54, 1.807) is 32.2 Å². The number of amides is 1. The van der Waals surface area contributed by atoms with Crippen molar-refractivity contribution in [2.24, 2.45) is 0 Å². The molecule has 1 amide bonds. The van der Waals surface area contributed by atoms with Crippen molar-refractivity contribution >= 4 is 29.3 Å². The molecule has 0 saturated carbocycles. The molecular weight excluding hydrogens is 422 g/mol. The largest absolute Gasteiger partial charge is 0.482 e. The van der Waals surface area contributed by atoms with Gasteiger partial charge in [0, 0.05) is 31.0 Å². The molecule has 1 heterocycles. The second kappa shape index (κ2) is 11.4. The summed E-state index contributed by atoms with van der Waals surface area (Å²) in [6.07, 6.45) is 0.718. The molecule has 2 rings (SSSR count). The molecular formula is C22H26ClN3O5. The van der Waals surface area contributed by atoms with Gasteiger partial charge in [0.05, 0.1) is 5.56 Å². The van der Waals surface area contributed by atoms with E-state index >= 15 is 0 Å². The van der Waals surface area contributed by atoms with E-state index in [4.69, 9.17) is 25.8 Å². The summed E-state index contributed by atoms with van der Waals surface area (Å²) in [5.74, 6) is -0.335. The quantitative estimate of drug-likeness (QED) is 0.441. The third kappa shape index (κ3) is 6.48. The van der Waals surface area contributed by atoms with Gasteiger partial charge in [0.2, 0.25) is 0 Å². The van der Waals surface area contributed by atoms with Gasteiger partial charge in [0.1, 0.15) is 17.6 Å². The van der Waals surface area contributed by atoms with E-state index in [1.165, 1.54) is 0 Å². The van der Waals surface area contributed by atoms with Gasteiger partial charge in [0.25, 0.3) is 5.91 Å². The zero-order valence-electron chi connectivity index (χ0n) is 18.1. The number of nitrogens with zero attached hydrogens (tertiary/aromatic N) is 2. The van der Waals surface area contributed by atoms with Gasteiger partial charge in [-0.15, -0.1) is 0 Å². The number of halogens is 1. The molecule has 1 aromatic heterocycles. The van der Waals surface area contributed by atoms with Gasteiger partial charge in [-0.05, 0) is 56.5 Å². The summed E-state index contributed by atoms with van der Waals surface area (Å²) in [5.41, 5.74) is 2.84. The first-order valence-electron chi connectivity index (χ1n) is 9.71. The van der Waals surface area contributed by atoms with Crippen LogP contribution < -0.4 is 10.1 Å². The standard InChI is InChI=1S/C22H26ClN3O5/c1-14-10-17(23)6-7-19(14)30-13-21(28)31-12-20(27)25-22-18(11-24)15(2)16(3)26(22)8-5-9-29-4/h6-7,10H,5,8-9,12-13H2,1-4H3,(H,25,27). The minimum atomic E-state index is -0.687. The van der Waals surface area contributed by atoms with Crippen molar-refractivity contribution in [2.45, 2.75) is 33.7 Å². The van der Waals surface area contributed by atoms with Crippen LogP contribution in [-0.4, -0.2) is 43.4 Å². The summed E-state index contributed by atoms with van der Waals surface area (Å²) in [5, 5.41) is 12.8. The highest BCUT2D eigenvalue weighted by Gasteiger charge is 2.20. The Morgan fingerprint density at radius 3 is 2.61 bits per heavy atom. The molecule has 0 spiro atoms. The first kappa shape index (κ1) is 24.3. The molecule has 0 bridgehead atoms. The van der Waals surface area contributed by atoms with Crippen molar-refractivity contribution in [3.63, 3.8) is 0 Å². The molecule has 0 aliphatic carbocycles. The minimum absolute atomic E-state index is 0.342. The fraction of sp³-hybridized carbons (Fsp3) is 0.409. The van der Waals surface area contributed by atoms with E-state index in [2.05, 4.69) is 11.4 Å². The number of nitrogens with one attached hydrogen (secondary N) is 1. The van der Waals surface area contributed by atoms with Gasteiger partial charge in [-0.3, -0.25) is 4.79 Å². The van der Waals surface area contributed by atoms with E-state index in [1.807, 2.05) is 18.4 Å². The van der Waals surface area contributed by atoms with Crippen LogP contribution in [0.1, 0.15) is 28.8 Å². The van der Waals surface area contributed by atoms with Gasteiger partial charge in [-0.2, -0.15) is 5.26 Å². The van der Waals surface area contributed by atoms with Crippen molar-refractivity contribution < 1.29 is 23.8 Å². The van der Waals surface area contributed by atoms with Crippen molar-refractivity contribution in [3.8, 4) is 11.8 Å². The lowest BCUT2D eigenvalue weighted by Crippen LogP contribution is -2.25. The van der Waals surface area contributed by atoms with Crippen molar-refractivity contribution in [3.05, 3.63) is 45.6 Å². The summed E-state index contributed by atoms with van der Waals surface area (Å²) in [6, 6.07) is 7.16. The molecule has 0 aliphatic rings. The highest BCUT2D eigenvalue weighted by atomic mass is 35.5. The second-order valence-corrected chi connectivity index (χ2v) is 7.39. The van der Waals surface area contributed by atoms with Crippen molar-refractivity contribution in [1.82, 2.24) is 4.57 Å². The van der Waals surface area contributed by atoms with Crippen LogP contribution in [0.25, 0.3) is 0 Å². The Balaban J connectivity index is 1.95. The fourth-order valence-electron chi connectivity index (χ4n) is 3.04. The predicted molar refractivity (Wildman–Crippen MR) is 116 cm³/mol. The van der Waals surface area contributed by atoms with E-state index in [9.17, 15) is 14.9 Å². The Labute approximate surface area is 186 Å². The van der Waals surface area contributed by atoms with Crippen LogP contribution in [0.3, 0.4) is 0 Å². The number of esters is 1. The van der Waals surface area contributed by atoms with Crippen LogP contribution in [0.2, 0.25) is 5.02 Å². The molecule has 0 atom stereocenters. The molecule has 1 aromatic carbocycles. The number of carbonyl (C=O) groups is 2. The zero-order valence-corrected chi connectivity index (χ0v) is 18.8. The zero-order chi connectivity index (χ0) is 23.0.